The number of hydrogen-bond donors (Lipinski definition) is 1. The molecule has 1 aromatic rings. The summed E-state index contributed by atoms with van der Waals surface area (Å²) in [5.41, 5.74) is 1.04. The molecule has 0 unspecified atom stereocenters. The Labute approximate surface area is 121 Å². The second kappa shape index (κ2) is 5.61. The van der Waals surface area contributed by atoms with Crippen molar-refractivity contribution in [2.75, 3.05) is 20.2 Å². The van der Waals surface area contributed by atoms with Crippen molar-refractivity contribution in [1.82, 2.24) is 9.03 Å². The van der Waals surface area contributed by atoms with Gasteiger partial charge in [0.15, 0.2) is 0 Å². The lowest BCUT2D eigenvalue weighted by Crippen LogP contribution is -2.35. The molecule has 1 heterocycles. The van der Waals surface area contributed by atoms with E-state index >= 15 is 0 Å². The van der Waals surface area contributed by atoms with Crippen LogP contribution < -0.4 is 9.46 Å². The van der Waals surface area contributed by atoms with E-state index in [9.17, 15) is 9.18 Å². The maximum atomic E-state index is 14.0. The van der Waals surface area contributed by atoms with E-state index in [0.29, 0.717) is 11.7 Å². The Balaban J connectivity index is 1.76. The summed E-state index contributed by atoms with van der Waals surface area (Å²) in [7, 11) is 1.53. The molecule has 3 rings (SSSR count). The number of carbonyl (C=O) groups is 1. The summed E-state index contributed by atoms with van der Waals surface area (Å²) in [5, 5.41) is 0. The first-order valence-corrected chi connectivity index (χ1v) is 7.56. The first-order chi connectivity index (χ1) is 9.69. The maximum absolute atomic E-state index is 14.0. The zero-order chi connectivity index (χ0) is 14.1. The van der Waals surface area contributed by atoms with Gasteiger partial charge in [0, 0.05) is 31.3 Å². The van der Waals surface area contributed by atoms with Crippen molar-refractivity contribution in [1.29, 1.82) is 0 Å². The quantitative estimate of drug-likeness (QED) is 0.848. The average molecular weight is 296 g/mol. The molecule has 6 heteroatoms. The van der Waals surface area contributed by atoms with Crippen LogP contribution in [0.4, 0.5) is 4.39 Å². The van der Waals surface area contributed by atoms with Crippen molar-refractivity contribution in [2.45, 2.75) is 25.2 Å². The number of ether oxygens (including phenoxy) is 1. The highest BCUT2D eigenvalue weighted by Gasteiger charge is 2.29. The molecule has 1 saturated carbocycles. The highest BCUT2D eigenvalue weighted by atomic mass is 32.2. The Morgan fingerprint density at radius 1 is 1.45 bits per heavy atom. The summed E-state index contributed by atoms with van der Waals surface area (Å²) >= 11 is 1.25. The van der Waals surface area contributed by atoms with Crippen LogP contribution >= 0.6 is 12.1 Å². The van der Waals surface area contributed by atoms with Crippen LogP contribution in [0.15, 0.2) is 12.1 Å². The Hall–Kier alpha value is -1.27. The van der Waals surface area contributed by atoms with Gasteiger partial charge in [-0.05, 0) is 36.8 Å². The molecule has 0 radical (unpaired) electrons. The van der Waals surface area contributed by atoms with Gasteiger partial charge in [-0.2, -0.15) is 0 Å². The molecule has 1 aliphatic carbocycles. The minimum Gasteiger partial charge on any atom is -0.496 e. The first kappa shape index (κ1) is 13.7. The molecule has 0 atom stereocenters. The molecule has 0 bridgehead atoms. The molecule has 1 saturated heterocycles. The maximum Gasteiger partial charge on any atom is 0.265 e. The van der Waals surface area contributed by atoms with E-state index < -0.39 is 5.82 Å². The minimum atomic E-state index is -0.534. The van der Waals surface area contributed by atoms with Gasteiger partial charge in [-0.15, -0.1) is 0 Å². The van der Waals surface area contributed by atoms with E-state index in [0.717, 1.165) is 37.9 Å². The van der Waals surface area contributed by atoms with Gasteiger partial charge in [0.25, 0.3) is 5.91 Å². The van der Waals surface area contributed by atoms with Crippen LogP contribution in [0.25, 0.3) is 0 Å². The van der Waals surface area contributed by atoms with Crippen molar-refractivity contribution < 1.29 is 13.9 Å². The molecule has 1 amide bonds. The molecular formula is C14H17FN2O2S. The summed E-state index contributed by atoms with van der Waals surface area (Å²) in [5.74, 6) is 0.0222. The molecule has 0 spiro atoms. The summed E-state index contributed by atoms with van der Waals surface area (Å²) < 4.78 is 23.9. The van der Waals surface area contributed by atoms with Crippen LogP contribution in [0, 0.1) is 5.82 Å². The highest BCUT2D eigenvalue weighted by molar-refractivity contribution is 7.95. The van der Waals surface area contributed by atoms with Gasteiger partial charge >= 0.3 is 0 Å². The average Bonchev–Trinajstić information content (AvgIpc) is 3.20. The number of hydrogen-bond acceptors (Lipinski definition) is 4. The first-order valence-electron chi connectivity index (χ1n) is 6.78. The highest BCUT2D eigenvalue weighted by Crippen LogP contribution is 2.45. The number of methoxy groups -OCH3 is 1. The lowest BCUT2D eigenvalue weighted by atomic mass is 10.0. The normalized spacial score (nSPS) is 18.5. The summed E-state index contributed by atoms with van der Waals surface area (Å²) in [6.45, 7) is 1.92. The van der Waals surface area contributed by atoms with Gasteiger partial charge in [-0.25, -0.2) is 8.70 Å². The van der Waals surface area contributed by atoms with E-state index in [1.807, 2.05) is 4.31 Å². The van der Waals surface area contributed by atoms with E-state index in [-0.39, 0.29) is 11.5 Å². The lowest BCUT2D eigenvalue weighted by Gasteiger charge is -2.28. The third-order valence-corrected chi connectivity index (χ3v) is 4.56. The molecule has 1 aromatic carbocycles. The Bertz CT molecular complexity index is 530. The topological polar surface area (TPSA) is 41.6 Å². The molecule has 1 N–H and O–H groups in total. The van der Waals surface area contributed by atoms with E-state index in [1.165, 1.54) is 25.3 Å². The summed E-state index contributed by atoms with van der Waals surface area (Å²) in [6.07, 6.45) is 3.29. The largest absolute Gasteiger partial charge is 0.496 e. The number of carbonyl (C=O) groups excluding carboxylic acids is 1. The van der Waals surface area contributed by atoms with Crippen LogP contribution in [-0.2, 0) is 0 Å². The molecule has 0 aromatic heterocycles. The summed E-state index contributed by atoms with van der Waals surface area (Å²) in [6, 6.07) is 2.95. The number of benzene rings is 1. The molecule has 2 aliphatic rings. The second-order valence-corrected chi connectivity index (χ2v) is 6.06. The Kier molecular flexibility index (Phi) is 3.85. The molecular weight excluding hydrogens is 279 g/mol. The predicted molar refractivity (Wildman–Crippen MR) is 76.2 cm³/mol. The fraction of sp³-hybridized carbons (Fsp3) is 0.500. The third kappa shape index (κ3) is 2.76. The smallest absolute Gasteiger partial charge is 0.265 e. The van der Waals surface area contributed by atoms with Gasteiger partial charge < -0.3 is 4.74 Å². The van der Waals surface area contributed by atoms with Crippen molar-refractivity contribution in [3.8, 4) is 5.75 Å². The minimum absolute atomic E-state index is 0.0979. The second-order valence-electron chi connectivity index (χ2n) is 5.15. The number of nitrogens with zero attached hydrogens (tertiary/aromatic N) is 1. The summed E-state index contributed by atoms with van der Waals surface area (Å²) in [4.78, 5) is 12.1. The molecule has 20 heavy (non-hydrogen) atoms. The predicted octanol–water partition coefficient (Wildman–Crippen LogP) is 2.71. The molecule has 1 aliphatic heterocycles. The molecule has 4 nitrogen and oxygen atoms in total. The van der Waals surface area contributed by atoms with E-state index in [1.54, 1.807) is 6.07 Å². The standard InChI is InChI=1S/C14H17FN2O2S/c1-19-13-8-12(15)11(7-10(13)9-3-4-9)14(18)16-20-17-5-2-6-17/h7-9H,2-6H2,1H3,(H,16,18). The van der Waals surface area contributed by atoms with Gasteiger partial charge in [-0.1, -0.05) is 0 Å². The third-order valence-electron chi connectivity index (χ3n) is 3.66. The van der Waals surface area contributed by atoms with Gasteiger partial charge in [0.05, 0.1) is 12.7 Å². The molecule has 108 valence electrons. The Morgan fingerprint density at radius 3 is 2.75 bits per heavy atom. The van der Waals surface area contributed by atoms with Crippen molar-refractivity contribution in [3.05, 3.63) is 29.1 Å². The van der Waals surface area contributed by atoms with E-state index in [4.69, 9.17) is 4.74 Å². The van der Waals surface area contributed by atoms with Crippen LogP contribution in [0.2, 0.25) is 0 Å². The Morgan fingerprint density at radius 2 is 2.20 bits per heavy atom. The fourth-order valence-electron chi connectivity index (χ4n) is 2.18. The van der Waals surface area contributed by atoms with Crippen LogP contribution in [0.1, 0.15) is 41.1 Å². The number of nitrogens with one attached hydrogen (secondary N) is 1. The van der Waals surface area contributed by atoms with Gasteiger partial charge in [0.2, 0.25) is 0 Å². The van der Waals surface area contributed by atoms with Crippen LogP contribution in [0.5, 0.6) is 5.75 Å². The zero-order valence-corrected chi connectivity index (χ0v) is 12.1. The van der Waals surface area contributed by atoms with Crippen molar-refractivity contribution in [3.63, 3.8) is 0 Å². The molecule has 2 fully saturated rings. The van der Waals surface area contributed by atoms with E-state index in [2.05, 4.69) is 4.72 Å². The van der Waals surface area contributed by atoms with Gasteiger partial charge in [0.1, 0.15) is 11.6 Å². The number of amides is 1. The van der Waals surface area contributed by atoms with Crippen molar-refractivity contribution in [2.24, 2.45) is 0 Å². The number of halogens is 1. The van der Waals surface area contributed by atoms with Crippen molar-refractivity contribution >= 4 is 18.0 Å². The lowest BCUT2D eigenvalue weighted by molar-refractivity contribution is 0.0978. The monoisotopic (exact) mass is 296 g/mol. The zero-order valence-electron chi connectivity index (χ0n) is 11.3. The van der Waals surface area contributed by atoms with Gasteiger partial charge in [-0.3, -0.25) is 9.52 Å². The number of rotatable bonds is 5. The fourth-order valence-corrected chi connectivity index (χ4v) is 2.94. The van der Waals surface area contributed by atoms with Crippen LogP contribution in [-0.4, -0.2) is 30.4 Å². The SMILES string of the molecule is COc1cc(F)c(C(=O)NSN2CCC2)cc1C1CC1. The van der Waals surface area contributed by atoms with Crippen LogP contribution in [0.3, 0.4) is 0 Å².